The Labute approximate surface area is 181 Å². The molecule has 0 spiro atoms. The SMILES string of the molecule is CC(C)(C)OC(=O)N1CCOc2ccc(-c3cnc(Cl)c(NS(C)(=O)=O)c3)cc2C1. The Hall–Kier alpha value is -2.52. The van der Waals surface area contributed by atoms with Crippen molar-refractivity contribution in [3.05, 3.63) is 41.2 Å². The highest BCUT2D eigenvalue weighted by molar-refractivity contribution is 7.92. The van der Waals surface area contributed by atoms with Crippen molar-refractivity contribution in [3.8, 4) is 16.9 Å². The molecule has 1 aromatic carbocycles. The van der Waals surface area contributed by atoms with Crippen molar-refractivity contribution in [3.63, 3.8) is 0 Å². The summed E-state index contributed by atoms with van der Waals surface area (Å²) >= 11 is 6.02. The van der Waals surface area contributed by atoms with Gasteiger partial charge in [0.25, 0.3) is 0 Å². The average Bonchev–Trinajstić information content (AvgIpc) is 2.83. The Morgan fingerprint density at radius 3 is 2.67 bits per heavy atom. The number of aromatic nitrogens is 1. The van der Waals surface area contributed by atoms with Crippen LogP contribution in [0.5, 0.6) is 5.75 Å². The van der Waals surface area contributed by atoms with Crippen LogP contribution in [0.2, 0.25) is 5.15 Å². The van der Waals surface area contributed by atoms with Gasteiger partial charge >= 0.3 is 6.09 Å². The van der Waals surface area contributed by atoms with E-state index in [0.29, 0.717) is 31.0 Å². The molecule has 0 bridgehead atoms. The lowest BCUT2D eigenvalue weighted by Gasteiger charge is -2.26. The second kappa shape index (κ2) is 8.31. The number of anilines is 1. The van der Waals surface area contributed by atoms with Gasteiger partial charge in [0.05, 0.1) is 25.0 Å². The molecule has 0 fully saturated rings. The molecule has 0 atom stereocenters. The average molecular weight is 454 g/mol. The molecule has 0 radical (unpaired) electrons. The standard InChI is InChI=1S/C20H24ClN3O5S/c1-20(2,3)29-19(25)24-7-8-28-17-6-5-13(9-15(17)12-24)14-10-16(18(21)22-11-14)23-30(4,26)27/h5-6,9-11,23H,7-8,12H2,1-4H3. The summed E-state index contributed by atoms with van der Waals surface area (Å²) in [6.45, 7) is 6.55. The van der Waals surface area contributed by atoms with Gasteiger partial charge in [-0.15, -0.1) is 0 Å². The summed E-state index contributed by atoms with van der Waals surface area (Å²) in [5.41, 5.74) is 1.86. The predicted molar refractivity (Wildman–Crippen MR) is 115 cm³/mol. The van der Waals surface area contributed by atoms with Crippen molar-refractivity contribution in [2.24, 2.45) is 0 Å². The molecule has 8 nitrogen and oxygen atoms in total. The van der Waals surface area contributed by atoms with E-state index in [1.54, 1.807) is 17.2 Å². The highest BCUT2D eigenvalue weighted by Crippen LogP contribution is 2.32. The van der Waals surface area contributed by atoms with Crippen LogP contribution in [-0.2, 0) is 21.3 Å². The van der Waals surface area contributed by atoms with Gasteiger partial charge in [-0.3, -0.25) is 4.72 Å². The van der Waals surface area contributed by atoms with Crippen molar-refractivity contribution >= 4 is 33.4 Å². The Balaban J connectivity index is 1.91. The monoisotopic (exact) mass is 453 g/mol. The zero-order valence-corrected chi connectivity index (χ0v) is 18.8. The lowest BCUT2D eigenvalue weighted by atomic mass is 10.0. The molecule has 1 aromatic heterocycles. The Morgan fingerprint density at radius 2 is 2.00 bits per heavy atom. The number of nitrogens with zero attached hydrogens (tertiary/aromatic N) is 2. The molecule has 2 aromatic rings. The summed E-state index contributed by atoms with van der Waals surface area (Å²) in [5, 5.41) is 0.0540. The molecule has 10 heteroatoms. The van der Waals surface area contributed by atoms with Crippen LogP contribution < -0.4 is 9.46 Å². The molecule has 2 heterocycles. The van der Waals surface area contributed by atoms with Gasteiger partial charge in [-0.05, 0) is 44.5 Å². The molecule has 0 unspecified atom stereocenters. The summed E-state index contributed by atoms with van der Waals surface area (Å²) in [7, 11) is -3.50. The van der Waals surface area contributed by atoms with Crippen LogP contribution in [0.25, 0.3) is 11.1 Å². The molecular weight excluding hydrogens is 430 g/mol. The van der Waals surface area contributed by atoms with Gasteiger partial charge in [-0.2, -0.15) is 0 Å². The van der Waals surface area contributed by atoms with Crippen molar-refractivity contribution in [2.75, 3.05) is 24.1 Å². The van der Waals surface area contributed by atoms with E-state index >= 15 is 0 Å². The first-order valence-corrected chi connectivity index (χ1v) is 11.6. The van der Waals surface area contributed by atoms with Crippen molar-refractivity contribution < 1.29 is 22.7 Å². The summed E-state index contributed by atoms with van der Waals surface area (Å²) in [6, 6.07) is 7.16. The number of amides is 1. The Morgan fingerprint density at radius 1 is 1.27 bits per heavy atom. The van der Waals surface area contributed by atoms with E-state index in [-0.39, 0.29) is 10.8 Å². The Kier molecular flexibility index (Phi) is 6.14. The fourth-order valence-corrected chi connectivity index (χ4v) is 3.70. The van der Waals surface area contributed by atoms with E-state index in [2.05, 4.69) is 9.71 Å². The summed E-state index contributed by atoms with van der Waals surface area (Å²) < 4.78 is 36.8. The molecule has 1 N–H and O–H groups in total. The highest BCUT2D eigenvalue weighted by Gasteiger charge is 2.25. The van der Waals surface area contributed by atoms with Gasteiger partial charge in [0, 0.05) is 17.3 Å². The number of pyridine rings is 1. The van der Waals surface area contributed by atoms with Gasteiger partial charge in [-0.1, -0.05) is 17.7 Å². The normalized spacial score (nSPS) is 14.4. The first-order valence-electron chi connectivity index (χ1n) is 9.29. The van der Waals surface area contributed by atoms with Crippen molar-refractivity contribution in [1.82, 2.24) is 9.88 Å². The fraction of sp³-hybridized carbons (Fsp3) is 0.400. The number of hydrogen-bond donors (Lipinski definition) is 1. The molecule has 1 aliphatic rings. The van der Waals surface area contributed by atoms with Crippen LogP contribution in [0.1, 0.15) is 26.3 Å². The van der Waals surface area contributed by atoms with Crippen LogP contribution >= 0.6 is 11.6 Å². The van der Waals surface area contributed by atoms with Crippen LogP contribution in [-0.4, -0.2) is 49.4 Å². The maximum Gasteiger partial charge on any atom is 0.410 e. The Bertz CT molecular complexity index is 1070. The number of carbonyl (C=O) groups excluding carboxylic acids is 1. The van der Waals surface area contributed by atoms with Gasteiger partial charge in [0.2, 0.25) is 10.0 Å². The number of carbonyl (C=O) groups is 1. The summed E-state index contributed by atoms with van der Waals surface area (Å²) in [6.07, 6.45) is 2.19. The topological polar surface area (TPSA) is 97.8 Å². The van der Waals surface area contributed by atoms with E-state index < -0.39 is 21.7 Å². The molecule has 0 saturated carbocycles. The van der Waals surface area contributed by atoms with Gasteiger partial charge < -0.3 is 14.4 Å². The molecule has 0 saturated heterocycles. The van der Waals surface area contributed by atoms with Crippen LogP contribution in [0, 0.1) is 0 Å². The van der Waals surface area contributed by atoms with E-state index in [1.807, 2.05) is 39.0 Å². The number of benzene rings is 1. The number of nitrogens with one attached hydrogen (secondary N) is 1. The number of halogens is 1. The first-order chi connectivity index (χ1) is 13.9. The van der Waals surface area contributed by atoms with E-state index in [1.165, 1.54) is 0 Å². The third kappa shape index (κ3) is 5.76. The summed E-state index contributed by atoms with van der Waals surface area (Å²) in [5.74, 6) is 0.682. The van der Waals surface area contributed by atoms with Crippen molar-refractivity contribution in [2.45, 2.75) is 32.9 Å². The predicted octanol–water partition coefficient (Wildman–Crippen LogP) is 3.90. The van der Waals surface area contributed by atoms with Gasteiger partial charge in [-0.25, -0.2) is 18.2 Å². The second-order valence-corrected chi connectivity index (χ2v) is 10.1. The molecule has 1 aliphatic heterocycles. The number of fused-ring (bicyclic) bond motifs is 1. The number of ether oxygens (including phenoxy) is 2. The minimum Gasteiger partial charge on any atom is -0.491 e. The fourth-order valence-electron chi connectivity index (χ4n) is 2.93. The van der Waals surface area contributed by atoms with Gasteiger partial charge in [0.1, 0.15) is 18.0 Å². The lowest BCUT2D eigenvalue weighted by molar-refractivity contribution is 0.0225. The molecule has 1 amide bonds. The zero-order valence-electron chi connectivity index (χ0n) is 17.2. The molecule has 3 rings (SSSR count). The van der Waals surface area contributed by atoms with Crippen LogP contribution in [0.4, 0.5) is 10.5 Å². The molecule has 0 aliphatic carbocycles. The molecule has 162 valence electrons. The zero-order chi connectivity index (χ0) is 22.1. The first kappa shape index (κ1) is 22.2. The quantitative estimate of drug-likeness (QED) is 0.707. The minimum absolute atomic E-state index is 0.0540. The molecule has 30 heavy (non-hydrogen) atoms. The lowest BCUT2D eigenvalue weighted by Crippen LogP contribution is -2.37. The van der Waals surface area contributed by atoms with E-state index in [4.69, 9.17) is 21.1 Å². The van der Waals surface area contributed by atoms with E-state index in [9.17, 15) is 13.2 Å². The highest BCUT2D eigenvalue weighted by atomic mass is 35.5. The minimum atomic E-state index is -3.50. The maximum absolute atomic E-state index is 12.5. The largest absolute Gasteiger partial charge is 0.491 e. The van der Waals surface area contributed by atoms with Crippen molar-refractivity contribution in [1.29, 1.82) is 0 Å². The molecular formula is C20H24ClN3O5S. The third-order valence-corrected chi connectivity index (χ3v) is 5.05. The summed E-state index contributed by atoms with van der Waals surface area (Å²) in [4.78, 5) is 18.2. The third-order valence-electron chi connectivity index (χ3n) is 4.16. The number of rotatable bonds is 3. The van der Waals surface area contributed by atoms with E-state index in [0.717, 1.165) is 17.4 Å². The number of sulfonamides is 1. The van der Waals surface area contributed by atoms with Crippen LogP contribution in [0.15, 0.2) is 30.5 Å². The maximum atomic E-state index is 12.5. The second-order valence-electron chi connectivity index (χ2n) is 8.01. The number of hydrogen-bond acceptors (Lipinski definition) is 6. The van der Waals surface area contributed by atoms with Gasteiger partial charge in [0.15, 0.2) is 5.15 Å². The smallest absolute Gasteiger partial charge is 0.410 e. The van der Waals surface area contributed by atoms with Crippen LogP contribution in [0.3, 0.4) is 0 Å².